The summed E-state index contributed by atoms with van der Waals surface area (Å²) in [7, 11) is 5.57. The van der Waals surface area contributed by atoms with E-state index in [-0.39, 0.29) is 5.91 Å². The standard InChI is InChI=1S/C17H24Br2N2O4/c1-11(22)20-7-5-12-9-13(18)16(14(19)10-12)25-8-6-15(17(23)24)21(2,3)4/h9-10,15H,5-8H2,1-4H3,(H-,20,22,23,24)/p+1/t15-/m1/s1. The van der Waals surface area contributed by atoms with Crippen LogP contribution in [0.3, 0.4) is 0 Å². The van der Waals surface area contributed by atoms with Crippen LogP contribution in [0.25, 0.3) is 0 Å². The van der Waals surface area contributed by atoms with Crippen LogP contribution in [0.1, 0.15) is 18.9 Å². The van der Waals surface area contributed by atoms with Gasteiger partial charge in [0.2, 0.25) is 5.91 Å². The quantitative estimate of drug-likeness (QED) is 0.533. The van der Waals surface area contributed by atoms with Gasteiger partial charge >= 0.3 is 5.97 Å². The summed E-state index contributed by atoms with van der Waals surface area (Å²) in [6.07, 6.45) is 1.11. The van der Waals surface area contributed by atoms with Crippen LogP contribution in [0.4, 0.5) is 0 Å². The van der Waals surface area contributed by atoms with E-state index in [9.17, 15) is 14.7 Å². The van der Waals surface area contributed by atoms with Crippen molar-refractivity contribution in [3.8, 4) is 5.75 Å². The number of carbonyl (C=O) groups excluding carboxylic acids is 1. The maximum atomic E-state index is 11.4. The van der Waals surface area contributed by atoms with Gasteiger partial charge in [-0.3, -0.25) is 4.79 Å². The molecule has 0 spiro atoms. The number of ether oxygens (including phenoxy) is 1. The molecule has 25 heavy (non-hydrogen) atoms. The molecular formula is C17H25Br2N2O4+. The van der Waals surface area contributed by atoms with E-state index in [0.29, 0.717) is 36.2 Å². The molecule has 1 amide bonds. The average Bonchev–Trinajstić information content (AvgIpc) is 2.43. The molecule has 0 saturated heterocycles. The minimum absolute atomic E-state index is 0.0525. The highest BCUT2D eigenvalue weighted by Crippen LogP contribution is 2.35. The third kappa shape index (κ3) is 7.33. The van der Waals surface area contributed by atoms with E-state index >= 15 is 0 Å². The number of rotatable bonds is 9. The van der Waals surface area contributed by atoms with E-state index in [1.807, 2.05) is 33.3 Å². The number of aliphatic carboxylic acids is 1. The number of carbonyl (C=O) groups is 2. The van der Waals surface area contributed by atoms with Crippen LogP contribution in [0.2, 0.25) is 0 Å². The zero-order chi connectivity index (χ0) is 19.2. The number of nitrogens with zero attached hydrogens (tertiary/aromatic N) is 1. The van der Waals surface area contributed by atoms with Crippen LogP contribution in [0.15, 0.2) is 21.1 Å². The van der Waals surface area contributed by atoms with Crippen LogP contribution in [-0.2, 0) is 16.0 Å². The highest BCUT2D eigenvalue weighted by molar-refractivity contribution is 9.11. The summed E-state index contributed by atoms with van der Waals surface area (Å²) < 4.78 is 7.72. The Hall–Kier alpha value is -1.12. The monoisotopic (exact) mass is 479 g/mol. The molecule has 0 bridgehead atoms. The molecule has 6 nitrogen and oxygen atoms in total. The molecule has 0 aliphatic carbocycles. The SMILES string of the molecule is CC(=O)NCCc1cc(Br)c(OCC[C@H](C(=O)O)[N+](C)(C)C)c(Br)c1. The number of carboxylic acids is 1. The van der Waals surface area contributed by atoms with Gasteiger partial charge in [0.05, 0.1) is 36.7 Å². The lowest BCUT2D eigenvalue weighted by molar-refractivity contribution is -0.887. The van der Waals surface area contributed by atoms with Gasteiger partial charge in [-0.05, 0) is 56.0 Å². The zero-order valence-electron chi connectivity index (χ0n) is 14.9. The van der Waals surface area contributed by atoms with Crippen molar-refractivity contribution in [1.82, 2.24) is 5.32 Å². The Kier molecular flexibility index (Phi) is 8.37. The largest absolute Gasteiger partial charge is 0.491 e. The molecule has 1 atom stereocenters. The van der Waals surface area contributed by atoms with Crippen molar-refractivity contribution in [2.24, 2.45) is 0 Å². The van der Waals surface area contributed by atoms with Gasteiger partial charge in [-0.15, -0.1) is 0 Å². The first-order valence-corrected chi connectivity index (χ1v) is 9.50. The first-order chi connectivity index (χ1) is 11.5. The number of hydrogen-bond acceptors (Lipinski definition) is 3. The Labute approximate surface area is 165 Å². The van der Waals surface area contributed by atoms with Gasteiger partial charge in [0.15, 0.2) is 6.04 Å². The number of nitrogens with one attached hydrogen (secondary N) is 1. The van der Waals surface area contributed by atoms with Crippen LogP contribution in [0.5, 0.6) is 5.75 Å². The second kappa shape index (κ2) is 9.54. The molecule has 0 aliphatic rings. The third-order valence-electron chi connectivity index (χ3n) is 3.70. The lowest BCUT2D eigenvalue weighted by atomic mass is 10.1. The Morgan fingerprint density at radius 3 is 2.24 bits per heavy atom. The van der Waals surface area contributed by atoms with E-state index in [2.05, 4.69) is 37.2 Å². The van der Waals surface area contributed by atoms with Crippen molar-refractivity contribution in [2.45, 2.75) is 25.8 Å². The van der Waals surface area contributed by atoms with E-state index < -0.39 is 12.0 Å². The van der Waals surface area contributed by atoms with Crippen LogP contribution in [0, 0.1) is 0 Å². The fraction of sp³-hybridized carbons (Fsp3) is 0.529. The molecule has 0 heterocycles. The Bertz CT molecular complexity index is 607. The van der Waals surface area contributed by atoms with Crippen molar-refractivity contribution in [2.75, 3.05) is 34.3 Å². The lowest BCUT2D eigenvalue weighted by Gasteiger charge is -2.31. The Morgan fingerprint density at radius 2 is 1.80 bits per heavy atom. The number of benzene rings is 1. The van der Waals surface area contributed by atoms with Crippen LogP contribution in [-0.4, -0.2) is 61.8 Å². The third-order valence-corrected chi connectivity index (χ3v) is 4.88. The van der Waals surface area contributed by atoms with Gasteiger partial charge in [-0.25, -0.2) is 4.79 Å². The summed E-state index contributed by atoms with van der Waals surface area (Å²) >= 11 is 6.98. The maximum Gasteiger partial charge on any atom is 0.362 e. The van der Waals surface area contributed by atoms with E-state index in [1.54, 1.807) is 0 Å². The summed E-state index contributed by atoms with van der Waals surface area (Å²) in [5.41, 5.74) is 1.05. The van der Waals surface area contributed by atoms with E-state index in [0.717, 1.165) is 14.5 Å². The second-order valence-corrected chi connectivity index (χ2v) is 8.44. The summed E-state index contributed by atoms with van der Waals surface area (Å²) in [5, 5.41) is 12.1. The Balaban J connectivity index is 2.70. The van der Waals surface area contributed by atoms with E-state index in [4.69, 9.17) is 4.74 Å². The number of amides is 1. The minimum atomic E-state index is -0.831. The molecule has 0 fully saturated rings. The van der Waals surface area contributed by atoms with Gasteiger partial charge in [-0.1, -0.05) is 0 Å². The molecule has 0 saturated carbocycles. The molecule has 1 aromatic carbocycles. The van der Waals surface area contributed by atoms with Crippen molar-refractivity contribution in [3.05, 3.63) is 26.6 Å². The first-order valence-electron chi connectivity index (χ1n) is 7.91. The number of quaternary nitrogens is 1. The smallest absolute Gasteiger partial charge is 0.362 e. The summed E-state index contributed by atoms with van der Waals surface area (Å²) in [4.78, 5) is 22.3. The summed E-state index contributed by atoms with van der Waals surface area (Å²) in [6, 6.07) is 3.35. The van der Waals surface area contributed by atoms with Gasteiger partial charge in [-0.2, -0.15) is 0 Å². The lowest BCUT2D eigenvalue weighted by Crippen LogP contribution is -2.50. The number of halogens is 2. The molecule has 140 valence electrons. The molecule has 0 aliphatic heterocycles. The fourth-order valence-corrected chi connectivity index (χ4v) is 3.90. The summed E-state index contributed by atoms with van der Waals surface area (Å²) in [5.74, 6) is -0.236. The maximum absolute atomic E-state index is 11.4. The molecule has 0 unspecified atom stereocenters. The van der Waals surface area contributed by atoms with E-state index in [1.165, 1.54) is 6.92 Å². The zero-order valence-corrected chi connectivity index (χ0v) is 18.1. The predicted molar refractivity (Wildman–Crippen MR) is 104 cm³/mol. The normalized spacial score (nSPS) is 12.6. The molecule has 1 rings (SSSR count). The van der Waals surface area contributed by atoms with Crippen molar-refractivity contribution >= 4 is 43.7 Å². The van der Waals surface area contributed by atoms with Gasteiger partial charge in [0, 0.05) is 19.9 Å². The molecule has 2 N–H and O–H groups in total. The van der Waals surface area contributed by atoms with Crippen molar-refractivity contribution in [1.29, 1.82) is 0 Å². The molecule has 8 heteroatoms. The number of likely N-dealkylation sites (N-methyl/N-ethyl adjacent to an activating group) is 1. The molecule has 0 radical (unpaired) electrons. The number of hydrogen-bond donors (Lipinski definition) is 2. The van der Waals surface area contributed by atoms with Crippen molar-refractivity contribution < 1.29 is 23.9 Å². The highest BCUT2D eigenvalue weighted by atomic mass is 79.9. The molecule has 1 aromatic rings. The number of carboxylic acid groups (broad SMARTS) is 1. The predicted octanol–water partition coefficient (Wildman–Crippen LogP) is 2.82. The van der Waals surface area contributed by atoms with Crippen LogP contribution >= 0.6 is 31.9 Å². The topological polar surface area (TPSA) is 75.6 Å². The summed E-state index contributed by atoms with van der Waals surface area (Å²) in [6.45, 7) is 2.36. The molecule has 0 aromatic heterocycles. The first kappa shape index (κ1) is 21.9. The van der Waals surface area contributed by atoms with Gasteiger partial charge < -0.3 is 19.6 Å². The van der Waals surface area contributed by atoms with Crippen molar-refractivity contribution in [3.63, 3.8) is 0 Å². The van der Waals surface area contributed by atoms with Gasteiger partial charge in [0.1, 0.15) is 5.75 Å². The average molecular weight is 481 g/mol. The minimum Gasteiger partial charge on any atom is -0.491 e. The highest BCUT2D eigenvalue weighted by Gasteiger charge is 2.31. The second-order valence-electron chi connectivity index (χ2n) is 6.73. The molecular weight excluding hydrogens is 456 g/mol. The Morgan fingerprint density at radius 1 is 1.24 bits per heavy atom. The van der Waals surface area contributed by atoms with Crippen LogP contribution < -0.4 is 10.1 Å². The van der Waals surface area contributed by atoms with Gasteiger partial charge in [0.25, 0.3) is 0 Å². The fourth-order valence-electron chi connectivity index (χ4n) is 2.39.